The number of aryl methyl sites for hydroxylation is 1. The molecule has 0 bridgehead atoms. The van der Waals surface area contributed by atoms with Gasteiger partial charge in [-0.05, 0) is 12.0 Å². The Bertz CT molecular complexity index is 322. The molecule has 3 amide bonds. The third kappa shape index (κ3) is 3.71. The number of nitrogens with one attached hydrogen (secondary N) is 1. The first-order valence-corrected chi connectivity index (χ1v) is 4.31. The zero-order valence-electron chi connectivity index (χ0n) is 7.69. The van der Waals surface area contributed by atoms with Crippen LogP contribution in [0.1, 0.15) is 12.0 Å². The number of nitrogens with two attached hydrogens (primary N) is 1. The lowest BCUT2D eigenvalue weighted by molar-refractivity contribution is -0.119. The largest absolute Gasteiger partial charge is 0.351 e. The van der Waals surface area contributed by atoms with Crippen molar-refractivity contribution in [1.82, 2.24) is 5.32 Å². The maximum Gasteiger partial charge on any atom is 0.318 e. The molecule has 4 nitrogen and oxygen atoms in total. The summed E-state index contributed by atoms with van der Waals surface area (Å²) >= 11 is 0. The number of amides is 3. The van der Waals surface area contributed by atoms with Gasteiger partial charge in [-0.3, -0.25) is 10.1 Å². The van der Waals surface area contributed by atoms with Gasteiger partial charge in [-0.15, -0.1) is 0 Å². The minimum atomic E-state index is -0.803. The van der Waals surface area contributed by atoms with E-state index in [1.165, 1.54) is 0 Å². The number of benzene rings is 1. The van der Waals surface area contributed by atoms with Crippen LogP contribution in [-0.2, 0) is 11.2 Å². The summed E-state index contributed by atoms with van der Waals surface area (Å²) in [6.07, 6.45) is 0.882. The molecule has 3 N–H and O–H groups in total. The van der Waals surface area contributed by atoms with Crippen molar-refractivity contribution in [2.24, 2.45) is 5.73 Å². The van der Waals surface area contributed by atoms with Crippen LogP contribution in [0.3, 0.4) is 0 Å². The molecule has 0 fully saturated rings. The van der Waals surface area contributed by atoms with Crippen LogP contribution in [0.4, 0.5) is 4.79 Å². The maximum atomic E-state index is 11.0. The molecule has 74 valence electrons. The van der Waals surface area contributed by atoms with Gasteiger partial charge < -0.3 is 5.73 Å². The first kappa shape index (κ1) is 10.2. The highest BCUT2D eigenvalue weighted by molar-refractivity contribution is 5.93. The number of rotatable bonds is 3. The Morgan fingerprint density at radius 2 is 1.86 bits per heavy atom. The second-order valence-corrected chi connectivity index (χ2v) is 2.90. The molecular formula is C10H12N2O2. The van der Waals surface area contributed by atoms with Gasteiger partial charge in [-0.1, -0.05) is 30.3 Å². The molecule has 0 heterocycles. The van der Waals surface area contributed by atoms with E-state index in [4.69, 9.17) is 5.73 Å². The van der Waals surface area contributed by atoms with Crippen LogP contribution in [0.25, 0.3) is 0 Å². The number of carbonyl (C=O) groups excluding carboxylic acids is 2. The maximum absolute atomic E-state index is 11.0. The Hall–Kier alpha value is -1.84. The third-order valence-electron chi connectivity index (χ3n) is 1.75. The van der Waals surface area contributed by atoms with Crippen LogP contribution in [-0.4, -0.2) is 11.9 Å². The van der Waals surface area contributed by atoms with Gasteiger partial charge in [0.05, 0.1) is 0 Å². The molecule has 0 spiro atoms. The van der Waals surface area contributed by atoms with Gasteiger partial charge in [0.15, 0.2) is 0 Å². The molecule has 0 aromatic heterocycles. The summed E-state index contributed by atoms with van der Waals surface area (Å²) in [4.78, 5) is 21.3. The lowest BCUT2D eigenvalue weighted by atomic mass is 10.1. The van der Waals surface area contributed by atoms with Gasteiger partial charge in [0.25, 0.3) is 0 Å². The topological polar surface area (TPSA) is 72.2 Å². The standard InChI is InChI=1S/C10H12N2O2/c11-10(14)12-9(13)7-6-8-4-2-1-3-5-8/h1-5H,6-7H2,(H3,11,12,13,14). The van der Waals surface area contributed by atoms with Gasteiger partial charge in [-0.25, -0.2) is 4.79 Å². The zero-order valence-corrected chi connectivity index (χ0v) is 7.69. The third-order valence-corrected chi connectivity index (χ3v) is 1.75. The second-order valence-electron chi connectivity index (χ2n) is 2.90. The van der Waals surface area contributed by atoms with E-state index in [1.54, 1.807) is 0 Å². The lowest BCUT2D eigenvalue weighted by Crippen LogP contribution is -2.35. The minimum absolute atomic E-state index is 0.271. The molecule has 1 rings (SSSR count). The quantitative estimate of drug-likeness (QED) is 0.744. The predicted molar refractivity (Wildman–Crippen MR) is 52.5 cm³/mol. The van der Waals surface area contributed by atoms with Gasteiger partial charge in [-0.2, -0.15) is 0 Å². The summed E-state index contributed by atoms with van der Waals surface area (Å²) in [5, 5.41) is 2.01. The van der Waals surface area contributed by atoms with Gasteiger partial charge >= 0.3 is 6.03 Å². The Morgan fingerprint density at radius 1 is 1.21 bits per heavy atom. The molecule has 0 aliphatic carbocycles. The molecule has 0 radical (unpaired) electrons. The van der Waals surface area contributed by atoms with Gasteiger partial charge in [0.2, 0.25) is 5.91 Å². The molecule has 0 saturated heterocycles. The zero-order chi connectivity index (χ0) is 10.4. The number of hydrogen-bond acceptors (Lipinski definition) is 2. The fourth-order valence-electron chi connectivity index (χ4n) is 1.10. The summed E-state index contributed by atoms with van der Waals surface area (Å²) < 4.78 is 0. The number of carbonyl (C=O) groups is 2. The van der Waals surface area contributed by atoms with Crippen molar-refractivity contribution in [3.8, 4) is 0 Å². The summed E-state index contributed by atoms with van der Waals surface area (Å²) in [6, 6.07) is 8.77. The lowest BCUT2D eigenvalue weighted by Gasteiger charge is -2.00. The van der Waals surface area contributed by atoms with E-state index in [0.29, 0.717) is 6.42 Å². The fraction of sp³-hybridized carbons (Fsp3) is 0.200. The van der Waals surface area contributed by atoms with E-state index < -0.39 is 6.03 Å². The van der Waals surface area contributed by atoms with Crippen LogP contribution >= 0.6 is 0 Å². The Kier molecular flexibility index (Phi) is 3.67. The van der Waals surface area contributed by atoms with Crippen molar-refractivity contribution in [3.05, 3.63) is 35.9 Å². The second kappa shape index (κ2) is 5.01. The first-order chi connectivity index (χ1) is 6.68. The SMILES string of the molecule is NC(=O)NC(=O)CCc1ccccc1. The molecule has 0 aliphatic heterocycles. The number of urea groups is 1. The van der Waals surface area contributed by atoms with Crippen molar-refractivity contribution in [2.75, 3.05) is 0 Å². The van der Waals surface area contributed by atoms with E-state index in [0.717, 1.165) is 5.56 Å². The summed E-state index contributed by atoms with van der Waals surface area (Å²) in [5.41, 5.74) is 5.85. The monoisotopic (exact) mass is 192 g/mol. The van der Waals surface area contributed by atoms with Crippen LogP contribution < -0.4 is 11.1 Å². The van der Waals surface area contributed by atoms with Crippen LogP contribution in [0.2, 0.25) is 0 Å². The molecule has 0 saturated carbocycles. The van der Waals surface area contributed by atoms with E-state index in [2.05, 4.69) is 0 Å². The van der Waals surface area contributed by atoms with Gasteiger partial charge in [0, 0.05) is 6.42 Å². The van der Waals surface area contributed by atoms with Crippen LogP contribution in [0.15, 0.2) is 30.3 Å². The highest BCUT2D eigenvalue weighted by Gasteiger charge is 2.03. The van der Waals surface area contributed by atoms with Crippen molar-refractivity contribution < 1.29 is 9.59 Å². The molecule has 0 atom stereocenters. The number of imide groups is 1. The van der Waals surface area contributed by atoms with E-state index in [-0.39, 0.29) is 12.3 Å². The molecule has 1 aromatic rings. The molecular weight excluding hydrogens is 180 g/mol. The highest BCUT2D eigenvalue weighted by atomic mass is 16.2. The van der Waals surface area contributed by atoms with E-state index in [9.17, 15) is 9.59 Å². The predicted octanol–water partition coefficient (Wildman–Crippen LogP) is 0.814. The number of primary amides is 1. The van der Waals surface area contributed by atoms with Crippen molar-refractivity contribution >= 4 is 11.9 Å². The first-order valence-electron chi connectivity index (χ1n) is 4.31. The van der Waals surface area contributed by atoms with Gasteiger partial charge in [0.1, 0.15) is 0 Å². The Morgan fingerprint density at radius 3 is 2.43 bits per heavy atom. The molecule has 1 aromatic carbocycles. The Balaban J connectivity index is 2.34. The minimum Gasteiger partial charge on any atom is -0.351 e. The summed E-state index contributed by atoms with van der Waals surface area (Å²) in [7, 11) is 0. The van der Waals surface area contributed by atoms with Crippen molar-refractivity contribution in [3.63, 3.8) is 0 Å². The average molecular weight is 192 g/mol. The highest BCUT2D eigenvalue weighted by Crippen LogP contribution is 2.01. The van der Waals surface area contributed by atoms with E-state index in [1.807, 2.05) is 35.6 Å². The van der Waals surface area contributed by atoms with Crippen LogP contribution in [0.5, 0.6) is 0 Å². The van der Waals surface area contributed by atoms with E-state index >= 15 is 0 Å². The molecule has 4 heteroatoms. The molecule has 0 unspecified atom stereocenters. The molecule has 14 heavy (non-hydrogen) atoms. The summed E-state index contributed by atoms with van der Waals surface area (Å²) in [5.74, 6) is -0.346. The van der Waals surface area contributed by atoms with Crippen LogP contribution in [0, 0.1) is 0 Å². The summed E-state index contributed by atoms with van der Waals surface area (Å²) in [6.45, 7) is 0. The smallest absolute Gasteiger partial charge is 0.318 e. The normalized spacial score (nSPS) is 9.43. The van der Waals surface area contributed by atoms with Crippen molar-refractivity contribution in [2.45, 2.75) is 12.8 Å². The average Bonchev–Trinajstić information content (AvgIpc) is 2.15. The Labute approximate surface area is 82.1 Å². The van der Waals surface area contributed by atoms with Crippen molar-refractivity contribution in [1.29, 1.82) is 0 Å². The fourth-order valence-corrected chi connectivity index (χ4v) is 1.10. The number of hydrogen-bond donors (Lipinski definition) is 2. The molecule has 0 aliphatic rings.